The van der Waals surface area contributed by atoms with E-state index < -0.39 is 0 Å². The first-order valence-electron chi connectivity index (χ1n) is 6.95. The second-order valence-electron chi connectivity index (χ2n) is 5.07. The van der Waals surface area contributed by atoms with Gasteiger partial charge in [-0.3, -0.25) is 9.32 Å². The van der Waals surface area contributed by atoms with Gasteiger partial charge in [-0.15, -0.1) is 0 Å². The molecule has 7 heteroatoms. The second-order valence-corrected chi connectivity index (χ2v) is 5.47. The molecule has 118 valence electrons. The second kappa shape index (κ2) is 6.26. The number of hydrogen-bond acceptors (Lipinski definition) is 5. The zero-order valence-electron chi connectivity index (χ0n) is 12.6. The molecule has 1 N–H and O–H groups in total. The van der Waals surface area contributed by atoms with E-state index in [9.17, 15) is 4.79 Å². The number of halogens is 1. The Morgan fingerprint density at radius 2 is 2.13 bits per heavy atom. The van der Waals surface area contributed by atoms with Crippen molar-refractivity contribution in [3.05, 3.63) is 52.3 Å². The molecule has 1 aromatic carbocycles. The van der Waals surface area contributed by atoms with Crippen LogP contribution in [0, 0.1) is 13.8 Å². The minimum Gasteiger partial charge on any atom is -0.440 e. The lowest BCUT2D eigenvalue weighted by Crippen LogP contribution is -2.12. The molecular formula is C16H14ClN3O3. The van der Waals surface area contributed by atoms with Gasteiger partial charge in [0.15, 0.2) is 6.61 Å². The summed E-state index contributed by atoms with van der Waals surface area (Å²) >= 11 is 6.08. The van der Waals surface area contributed by atoms with Crippen molar-refractivity contribution >= 4 is 17.4 Å². The van der Waals surface area contributed by atoms with Gasteiger partial charge in [-0.2, -0.15) is 4.98 Å². The zero-order valence-corrected chi connectivity index (χ0v) is 13.3. The molecule has 6 nitrogen and oxygen atoms in total. The highest BCUT2D eigenvalue weighted by Gasteiger charge is 2.16. The number of nitrogens with one attached hydrogen (secondary N) is 1. The van der Waals surface area contributed by atoms with Crippen molar-refractivity contribution in [1.29, 1.82) is 0 Å². The Kier molecular flexibility index (Phi) is 4.16. The number of carbonyl (C=O) groups is 1. The Morgan fingerprint density at radius 3 is 2.83 bits per heavy atom. The predicted octanol–water partition coefficient (Wildman–Crippen LogP) is 3.60. The number of aromatic amines is 1. The van der Waals surface area contributed by atoms with Crippen LogP contribution in [0.5, 0.6) is 6.08 Å². The number of rotatable bonds is 5. The molecule has 0 fully saturated rings. The van der Waals surface area contributed by atoms with Gasteiger partial charge in [0.25, 0.3) is 0 Å². The van der Waals surface area contributed by atoms with E-state index in [0.717, 1.165) is 11.4 Å². The maximum Gasteiger partial charge on any atom is 0.418 e. The van der Waals surface area contributed by atoms with Gasteiger partial charge in [0.05, 0.1) is 5.02 Å². The maximum absolute atomic E-state index is 12.1. The Hall–Kier alpha value is -2.60. The highest BCUT2D eigenvalue weighted by molar-refractivity contribution is 6.33. The molecular weight excluding hydrogens is 318 g/mol. The van der Waals surface area contributed by atoms with Gasteiger partial charge in [-0.1, -0.05) is 28.9 Å². The van der Waals surface area contributed by atoms with E-state index in [4.69, 9.17) is 20.9 Å². The number of nitrogens with zero attached hydrogens (tertiary/aromatic N) is 2. The summed E-state index contributed by atoms with van der Waals surface area (Å²) in [7, 11) is 0. The lowest BCUT2D eigenvalue weighted by Gasteiger charge is -1.99. The van der Waals surface area contributed by atoms with E-state index in [-0.39, 0.29) is 18.5 Å². The number of ether oxygens (including phenoxy) is 1. The summed E-state index contributed by atoms with van der Waals surface area (Å²) in [6, 6.07) is 8.91. The summed E-state index contributed by atoms with van der Waals surface area (Å²) in [6.07, 6.45) is -0.0711. The van der Waals surface area contributed by atoms with Crippen LogP contribution in [0.15, 0.2) is 34.9 Å². The van der Waals surface area contributed by atoms with Crippen LogP contribution in [0.4, 0.5) is 0 Å². The summed E-state index contributed by atoms with van der Waals surface area (Å²) in [6.45, 7) is 3.54. The van der Waals surface area contributed by atoms with E-state index in [2.05, 4.69) is 15.1 Å². The molecule has 2 aromatic heterocycles. The van der Waals surface area contributed by atoms with E-state index in [0.29, 0.717) is 22.0 Å². The van der Waals surface area contributed by atoms with Gasteiger partial charge in [0.2, 0.25) is 11.6 Å². The lowest BCUT2D eigenvalue weighted by molar-refractivity contribution is 0.0884. The van der Waals surface area contributed by atoms with Crippen molar-refractivity contribution in [1.82, 2.24) is 15.1 Å². The molecule has 0 saturated carbocycles. The van der Waals surface area contributed by atoms with Crippen molar-refractivity contribution < 1.29 is 14.1 Å². The van der Waals surface area contributed by atoms with Crippen LogP contribution in [-0.2, 0) is 0 Å². The molecule has 3 rings (SSSR count). The molecule has 0 aliphatic carbocycles. The number of carbonyl (C=O) groups excluding carboxylic acids is 1. The fraction of sp³-hybridized carbons (Fsp3) is 0.188. The van der Waals surface area contributed by atoms with Gasteiger partial charge in [-0.25, -0.2) is 0 Å². The first-order chi connectivity index (χ1) is 11.0. The third kappa shape index (κ3) is 3.27. The number of benzene rings is 1. The fourth-order valence-electron chi connectivity index (χ4n) is 2.24. The summed E-state index contributed by atoms with van der Waals surface area (Å²) in [4.78, 5) is 19.3. The average Bonchev–Trinajstić information content (AvgIpc) is 3.12. The fourth-order valence-corrected chi connectivity index (χ4v) is 2.46. The van der Waals surface area contributed by atoms with E-state index in [1.807, 2.05) is 26.0 Å². The SMILES string of the molecule is Cc1cc(C(=O)COc2nc(-c3ccccc3Cl)no2)c(C)[nH]1. The van der Waals surface area contributed by atoms with Crippen LogP contribution < -0.4 is 4.74 Å². The molecule has 0 amide bonds. The van der Waals surface area contributed by atoms with Gasteiger partial charge >= 0.3 is 6.08 Å². The quantitative estimate of drug-likeness (QED) is 0.722. The Balaban J connectivity index is 1.69. The van der Waals surface area contributed by atoms with Crippen molar-refractivity contribution in [2.45, 2.75) is 13.8 Å². The molecule has 2 heterocycles. The van der Waals surface area contributed by atoms with Crippen molar-refractivity contribution in [3.8, 4) is 17.5 Å². The van der Waals surface area contributed by atoms with Gasteiger partial charge in [0.1, 0.15) is 0 Å². The summed E-state index contributed by atoms with van der Waals surface area (Å²) in [5.74, 6) is 0.149. The average molecular weight is 332 g/mol. The monoisotopic (exact) mass is 331 g/mol. The minimum atomic E-state index is -0.178. The first kappa shape index (κ1) is 15.3. The summed E-state index contributed by atoms with van der Waals surface area (Å²) in [5.41, 5.74) is 2.95. The van der Waals surface area contributed by atoms with Gasteiger partial charge < -0.3 is 9.72 Å². The van der Waals surface area contributed by atoms with Crippen LogP contribution in [0.3, 0.4) is 0 Å². The standard InChI is InChI=1S/C16H14ClN3O3/c1-9-7-12(10(2)18-9)14(21)8-22-16-19-15(20-23-16)11-5-3-4-6-13(11)17/h3-7,18H,8H2,1-2H3. The molecule has 0 aliphatic heterocycles. The topological polar surface area (TPSA) is 81.0 Å². The molecule has 0 radical (unpaired) electrons. The number of aromatic nitrogens is 3. The molecule has 0 aliphatic rings. The Bertz CT molecular complexity index is 854. The predicted molar refractivity (Wildman–Crippen MR) is 84.8 cm³/mol. The van der Waals surface area contributed by atoms with Crippen molar-refractivity contribution in [3.63, 3.8) is 0 Å². The van der Waals surface area contributed by atoms with Crippen LogP contribution in [-0.4, -0.2) is 27.5 Å². The zero-order chi connectivity index (χ0) is 16.4. The molecule has 23 heavy (non-hydrogen) atoms. The Morgan fingerprint density at radius 1 is 1.35 bits per heavy atom. The molecule has 0 spiro atoms. The third-order valence-corrected chi connectivity index (χ3v) is 3.63. The Labute approximate surface area is 137 Å². The number of hydrogen-bond donors (Lipinski definition) is 1. The maximum atomic E-state index is 12.1. The first-order valence-corrected chi connectivity index (χ1v) is 7.33. The molecule has 3 aromatic rings. The minimum absolute atomic E-state index is 0.0711. The third-order valence-electron chi connectivity index (χ3n) is 3.30. The number of aryl methyl sites for hydroxylation is 2. The smallest absolute Gasteiger partial charge is 0.418 e. The van der Waals surface area contributed by atoms with E-state index >= 15 is 0 Å². The van der Waals surface area contributed by atoms with E-state index in [1.54, 1.807) is 18.2 Å². The van der Waals surface area contributed by atoms with Crippen LogP contribution in [0.25, 0.3) is 11.4 Å². The molecule has 0 atom stereocenters. The number of ketones is 1. The molecule has 0 saturated heterocycles. The number of H-pyrrole nitrogens is 1. The lowest BCUT2D eigenvalue weighted by atomic mass is 10.2. The molecule has 0 bridgehead atoms. The highest BCUT2D eigenvalue weighted by Crippen LogP contribution is 2.26. The van der Waals surface area contributed by atoms with Crippen molar-refractivity contribution in [2.24, 2.45) is 0 Å². The van der Waals surface area contributed by atoms with Crippen LogP contribution >= 0.6 is 11.6 Å². The summed E-state index contributed by atoms with van der Waals surface area (Å²) in [5, 5.41) is 4.32. The normalized spacial score (nSPS) is 10.7. The van der Waals surface area contributed by atoms with Crippen molar-refractivity contribution in [2.75, 3.05) is 6.61 Å². The van der Waals surface area contributed by atoms with Crippen LogP contribution in [0.2, 0.25) is 5.02 Å². The van der Waals surface area contributed by atoms with Crippen LogP contribution in [0.1, 0.15) is 21.7 Å². The highest BCUT2D eigenvalue weighted by atomic mass is 35.5. The largest absolute Gasteiger partial charge is 0.440 e. The summed E-state index contributed by atoms with van der Waals surface area (Å²) < 4.78 is 10.3. The molecule has 0 unspecified atom stereocenters. The van der Waals surface area contributed by atoms with Gasteiger partial charge in [0, 0.05) is 22.5 Å². The van der Waals surface area contributed by atoms with Gasteiger partial charge in [-0.05, 0) is 32.0 Å². The van der Waals surface area contributed by atoms with E-state index in [1.165, 1.54) is 0 Å². The number of Topliss-reactive ketones (excluding diaryl/α,β-unsaturated/α-hetero) is 1.